The lowest BCUT2D eigenvalue weighted by Gasteiger charge is -2.26. The van der Waals surface area contributed by atoms with Crippen molar-refractivity contribution in [1.29, 1.82) is 0 Å². The number of para-hydroxylation sites is 1. The molecule has 0 radical (unpaired) electrons. The first-order valence-corrected chi connectivity index (χ1v) is 5.99. The first-order chi connectivity index (χ1) is 8.95. The van der Waals surface area contributed by atoms with E-state index in [0.29, 0.717) is 0 Å². The van der Waals surface area contributed by atoms with Crippen LogP contribution in [0.3, 0.4) is 0 Å². The predicted molar refractivity (Wildman–Crippen MR) is 66.1 cm³/mol. The Morgan fingerprint density at radius 3 is 2.37 bits per heavy atom. The number of hydrogen-bond acceptors (Lipinski definition) is 5. The van der Waals surface area contributed by atoms with Crippen molar-refractivity contribution in [2.75, 3.05) is 6.61 Å². The number of hydrogen-bond donors (Lipinski definition) is 3. The van der Waals surface area contributed by atoms with Crippen LogP contribution >= 0.6 is 0 Å². The molecule has 0 saturated heterocycles. The van der Waals surface area contributed by atoms with E-state index in [2.05, 4.69) is 0 Å². The summed E-state index contributed by atoms with van der Waals surface area (Å²) in [6, 6.07) is 5.82. The lowest BCUT2D eigenvalue weighted by Crippen LogP contribution is -2.42. The van der Waals surface area contributed by atoms with Gasteiger partial charge in [-0.2, -0.15) is 0 Å². The maximum Gasteiger partial charge on any atom is 0.197 e. The van der Waals surface area contributed by atoms with Gasteiger partial charge in [0.05, 0.1) is 12.7 Å². The van der Waals surface area contributed by atoms with Crippen molar-refractivity contribution in [1.82, 2.24) is 0 Å². The van der Waals surface area contributed by atoms with E-state index in [-0.39, 0.29) is 5.75 Å². The molecular weight excluding hydrogens is 255 g/mol. The van der Waals surface area contributed by atoms with Crippen molar-refractivity contribution < 1.29 is 29.2 Å². The van der Waals surface area contributed by atoms with Crippen molar-refractivity contribution in [3.05, 3.63) is 30.1 Å². The molecule has 1 aromatic carbocycles. The fraction of sp³-hybridized carbons (Fsp3) is 0.538. The largest absolute Gasteiger partial charge is 0.462 e. The summed E-state index contributed by atoms with van der Waals surface area (Å²) in [4.78, 5) is 0. The van der Waals surface area contributed by atoms with Crippen LogP contribution < -0.4 is 4.74 Å². The molecule has 0 aliphatic rings. The summed E-state index contributed by atoms with van der Waals surface area (Å²) in [7, 11) is 0. The van der Waals surface area contributed by atoms with Gasteiger partial charge in [-0.05, 0) is 26.0 Å². The van der Waals surface area contributed by atoms with Gasteiger partial charge in [-0.3, -0.25) is 0 Å². The van der Waals surface area contributed by atoms with E-state index in [1.54, 1.807) is 6.07 Å². The van der Waals surface area contributed by atoms with Gasteiger partial charge in [0.2, 0.25) is 0 Å². The van der Waals surface area contributed by atoms with E-state index < -0.39 is 37.0 Å². The minimum absolute atomic E-state index is 0.0122. The van der Waals surface area contributed by atoms with Gasteiger partial charge in [-0.1, -0.05) is 12.1 Å². The van der Waals surface area contributed by atoms with E-state index in [1.165, 1.54) is 32.0 Å². The van der Waals surface area contributed by atoms with E-state index in [4.69, 9.17) is 14.6 Å². The van der Waals surface area contributed by atoms with Gasteiger partial charge in [0.15, 0.2) is 17.9 Å². The zero-order valence-corrected chi connectivity index (χ0v) is 10.9. The highest BCUT2D eigenvalue weighted by Gasteiger charge is 2.26. The Morgan fingerprint density at radius 2 is 1.84 bits per heavy atom. The molecule has 2 unspecified atom stereocenters. The number of halogens is 1. The van der Waals surface area contributed by atoms with Gasteiger partial charge in [0.25, 0.3) is 0 Å². The molecule has 5 nitrogen and oxygen atoms in total. The van der Waals surface area contributed by atoms with Gasteiger partial charge in [-0.25, -0.2) is 4.39 Å². The standard InChI is InChI=1S/C13H19FO5/c1-8(16)13(17)12(7-15)19-9(2)18-11-6-4-3-5-10(11)14/h3-6,8-9,12-13,15-17H,7H2,1-2H3/t8-,9?,12?,13+/m1/s1. The third-order valence-corrected chi connectivity index (χ3v) is 2.55. The molecule has 108 valence electrons. The Hall–Kier alpha value is -1.21. The Morgan fingerprint density at radius 1 is 1.21 bits per heavy atom. The second kappa shape index (κ2) is 7.40. The highest BCUT2D eigenvalue weighted by molar-refractivity contribution is 5.23. The van der Waals surface area contributed by atoms with Gasteiger partial charge in [-0.15, -0.1) is 0 Å². The SMILES string of the molecule is CC(Oc1ccccc1F)OC(CO)[C@@H](O)[C@@H](C)O. The zero-order chi connectivity index (χ0) is 14.4. The average molecular weight is 274 g/mol. The number of benzene rings is 1. The Kier molecular flexibility index (Phi) is 6.17. The molecule has 1 rings (SSSR count). The van der Waals surface area contributed by atoms with Crippen LogP contribution in [0.25, 0.3) is 0 Å². The highest BCUT2D eigenvalue weighted by atomic mass is 19.1. The molecule has 0 aromatic heterocycles. The average Bonchev–Trinajstić information content (AvgIpc) is 2.37. The van der Waals surface area contributed by atoms with Crippen LogP contribution in [0.5, 0.6) is 5.75 Å². The molecule has 0 aliphatic heterocycles. The molecular formula is C13H19FO5. The molecule has 4 atom stereocenters. The summed E-state index contributed by atoms with van der Waals surface area (Å²) in [6.07, 6.45) is -4.21. The maximum absolute atomic E-state index is 13.3. The number of aliphatic hydroxyl groups excluding tert-OH is 3. The Labute approximate surface area is 111 Å². The lowest BCUT2D eigenvalue weighted by atomic mass is 10.1. The van der Waals surface area contributed by atoms with Crippen molar-refractivity contribution in [3.63, 3.8) is 0 Å². The molecule has 1 aromatic rings. The number of rotatable bonds is 7. The fourth-order valence-corrected chi connectivity index (χ4v) is 1.54. The van der Waals surface area contributed by atoms with E-state index >= 15 is 0 Å². The van der Waals surface area contributed by atoms with E-state index in [9.17, 15) is 14.6 Å². The molecule has 0 aliphatic carbocycles. The molecule has 0 saturated carbocycles. The van der Waals surface area contributed by atoms with Crippen LogP contribution in [-0.2, 0) is 4.74 Å². The summed E-state index contributed by atoms with van der Waals surface area (Å²) >= 11 is 0. The van der Waals surface area contributed by atoms with Gasteiger partial charge >= 0.3 is 0 Å². The molecule has 3 N–H and O–H groups in total. The Bertz CT molecular complexity index is 385. The molecule has 0 fully saturated rings. The first kappa shape index (κ1) is 15.8. The summed E-state index contributed by atoms with van der Waals surface area (Å²) < 4.78 is 23.8. The van der Waals surface area contributed by atoms with Crippen LogP contribution in [-0.4, -0.2) is 46.5 Å². The van der Waals surface area contributed by atoms with E-state index in [1.807, 2.05) is 0 Å². The van der Waals surface area contributed by atoms with E-state index in [0.717, 1.165) is 0 Å². The van der Waals surface area contributed by atoms with Gasteiger partial charge in [0, 0.05) is 0 Å². The van der Waals surface area contributed by atoms with Crippen LogP contribution in [0.2, 0.25) is 0 Å². The predicted octanol–water partition coefficient (Wildman–Crippen LogP) is 0.670. The van der Waals surface area contributed by atoms with Crippen molar-refractivity contribution in [2.45, 2.75) is 38.4 Å². The molecule has 0 spiro atoms. The Balaban J connectivity index is 2.59. The highest BCUT2D eigenvalue weighted by Crippen LogP contribution is 2.18. The van der Waals surface area contributed by atoms with Crippen molar-refractivity contribution in [2.24, 2.45) is 0 Å². The molecule has 19 heavy (non-hydrogen) atoms. The second-order valence-electron chi connectivity index (χ2n) is 4.20. The molecule has 0 bridgehead atoms. The lowest BCUT2D eigenvalue weighted by molar-refractivity contribution is -0.172. The smallest absolute Gasteiger partial charge is 0.197 e. The third-order valence-electron chi connectivity index (χ3n) is 2.55. The maximum atomic E-state index is 13.3. The third kappa shape index (κ3) is 4.76. The monoisotopic (exact) mass is 274 g/mol. The fourth-order valence-electron chi connectivity index (χ4n) is 1.54. The number of ether oxygens (including phenoxy) is 2. The minimum Gasteiger partial charge on any atom is -0.462 e. The first-order valence-electron chi connectivity index (χ1n) is 5.99. The molecule has 0 heterocycles. The number of aliphatic hydroxyl groups is 3. The van der Waals surface area contributed by atoms with Crippen molar-refractivity contribution in [3.8, 4) is 5.75 Å². The van der Waals surface area contributed by atoms with Crippen LogP contribution in [0, 0.1) is 5.82 Å². The topological polar surface area (TPSA) is 79.2 Å². The van der Waals surface area contributed by atoms with Crippen molar-refractivity contribution >= 4 is 0 Å². The summed E-state index contributed by atoms with van der Waals surface area (Å²) in [5.41, 5.74) is 0. The second-order valence-corrected chi connectivity index (χ2v) is 4.20. The van der Waals surface area contributed by atoms with Gasteiger partial charge < -0.3 is 24.8 Å². The summed E-state index contributed by atoms with van der Waals surface area (Å²) in [6.45, 7) is 2.39. The molecule has 6 heteroatoms. The summed E-state index contributed by atoms with van der Waals surface area (Å²) in [5, 5.41) is 27.9. The summed E-state index contributed by atoms with van der Waals surface area (Å²) in [5.74, 6) is -0.521. The van der Waals surface area contributed by atoms with Crippen LogP contribution in [0.1, 0.15) is 13.8 Å². The van der Waals surface area contributed by atoms with Crippen LogP contribution in [0.15, 0.2) is 24.3 Å². The zero-order valence-electron chi connectivity index (χ0n) is 10.9. The van der Waals surface area contributed by atoms with Crippen LogP contribution in [0.4, 0.5) is 4.39 Å². The normalized spacial score (nSPS) is 17.6. The minimum atomic E-state index is -1.25. The quantitative estimate of drug-likeness (QED) is 0.637. The molecule has 0 amide bonds. The van der Waals surface area contributed by atoms with Gasteiger partial charge in [0.1, 0.15) is 12.2 Å².